The number of hydrogen-bond donors (Lipinski definition) is 0. The molecular weight excluding hydrogens is 411 g/mol. The lowest BCUT2D eigenvalue weighted by atomic mass is 9.93. The van der Waals surface area contributed by atoms with Crippen molar-refractivity contribution in [1.29, 1.82) is 0 Å². The number of halogens is 3. The van der Waals surface area contributed by atoms with Gasteiger partial charge in [0.15, 0.2) is 5.82 Å². The summed E-state index contributed by atoms with van der Waals surface area (Å²) >= 11 is 0. The van der Waals surface area contributed by atoms with Gasteiger partial charge in [-0.1, -0.05) is 6.92 Å². The molecule has 1 aromatic heterocycles. The van der Waals surface area contributed by atoms with Gasteiger partial charge < -0.3 is 14.4 Å². The van der Waals surface area contributed by atoms with Crippen molar-refractivity contribution in [2.24, 2.45) is 5.92 Å². The van der Waals surface area contributed by atoms with Crippen LogP contribution in [0.5, 0.6) is 5.88 Å². The van der Waals surface area contributed by atoms with Gasteiger partial charge in [0.25, 0.3) is 5.88 Å². The molecule has 31 heavy (non-hydrogen) atoms. The maximum atomic E-state index is 14.9. The van der Waals surface area contributed by atoms with Crippen LogP contribution < -0.4 is 9.64 Å². The average Bonchev–Trinajstić information content (AvgIpc) is 2.74. The fourth-order valence-corrected chi connectivity index (χ4v) is 3.60. The number of aromatic nitrogens is 2. The van der Waals surface area contributed by atoms with Gasteiger partial charge in [0.1, 0.15) is 17.3 Å². The van der Waals surface area contributed by atoms with Gasteiger partial charge in [-0.3, -0.25) is 4.79 Å². The van der Waals surface area contributed by atoms with Crippen LogP contribution in [0.15, 0.2) is 18.3 Å². The van der Waals surface area contributed by atoms with Crippen LogP contribution in [0.1, 0.15) is 39.5 Å². The Morgan fingerprint density at radius 1 is 1.13 bits per heavy atom. The van der Waals surface area contributed by atoms with Crippen molar-refractivity contribution in [3.8, 4) is 17.3 Å². The Morgan fingerprint density at radius 3 is 2.42 bits per heavy atom. The van der Waals surface area contributed by atoms with Crippen molar-refractivity contribution in [3.05, 3.63) is 35.8 Å². The summed E-state index contributed by atoms with van der Waals surface area (Å²) in [4.78, 5) is 21.1. The third-order valence-corrected chi connectivity index (χ3v) is 5.12. The quantitative estimate of drug-likeness (QED) is 0.566. The van der Waals surface area contributed by atoms with Gasteiger partial charge in [-0.05, 0) is 44.2 Å². The highest BCUT2D eigenvalue weighted by atomic mass is 19.1. The van der Waals surface area contributed by atoms with E-state index < -0.39 is 17.5 Å². The largest absolute Gasteiger partial charge is 0.476 e. The van der Waals surface area contributed by atoms with Crippen molar-refractivity contribution >= 4 is 11.7 Å². The lowest BCUT2D eigenvalue weighted by Gasteiger charge is -2.33. The molecule has 6 nitrogen and oxygen atoms in total. The second-order valence-electron chi connectivity index (χ2n) is 7.42. The van der Waals surface area contributed by atoms with Gasteiger partial charge in [0.05, 0.1) is 19.4 Å². The molecule has 0 amide bonds. The minimum Gasteiger partial charge on any atom is -0.476 e. The van der Waals surface area contributed by atoms with Crippen LogP contribution in [0.3, 0.4) is 0 Å². The lowest BCUT2D eigenvalue weighted by molar-refractivity contribution is -0.144. The summed E-state index contributed by atoms with van der Waals surface area (Å²) in [6.07, 6.45) is 3.17. The number of anilines is 1. The van der Waals surface area contributed by atoms with Gasteiger partial charge in [0, 0.05) is 25.1 Å². The topological polar surface area (TPSA) is 64.5 Å². The predicted octanol–water partition coefficient (Wildman–Crippen LogP) is 4.52. The summed E-state index contributed by atoms with van der Waals surface area (Å²) in [6, 6.07) is 2.28. The van der Waals surface area contributed by atoms with Crippen LogP contribution in [-0.2, 0) is 9.53 Å². The van der Waals surface area contributed by atoms with E-state index in [0.717, 1.165) is 18.3 Å². The van der Waals surface area contributed by atoms with Crippen molar-refractivity contribution in [2.45, 2.75) is 39.5 Å². The predicted molar refractivity (Wildman–Crippen MR) is 109 cm³/mol. The monoisotopic (exact) mass is 437 g/mol. The summed E-state index contributed by atoms with van der Waals surface area (Å²) in [6.45, 7) is 5.08. The molecule has 1 aliphatic rings. The van der Waals surface area contributed by atoms with Crippen LogP contribution >= 0.6 is 0 Å². The van der Waals surface area contributed by atoms with E-state index >= 15 is 0 Å². The first-order valence-corrected chi connectivity index (χ1v) is 10.5. The Kier molecular flexibility index (Phi) is 7.70. The number of ether oxygens (including phenoxy) is 2. The number of benzene rings is 1. The molecule has 0 spiro atoms. The Balaban J connectivity index is 1.74. The normalized spacial score (nSPS) is 14.5. The Bertz CT molecular complexity index is 895. The maximum Gasteiger partial charge on any atom is 0.306 e. The van der Waals surface area contributed by atoms with E-state index in [0.29, 0.717) is 45.4 Å². The minimum atomic E-state index is -0.747. The molecule has 0 N–H and O–H groups in total. The zero-order chi connectivity index (χ0) is 22.4. The molecule has 9 heteroatoms. The number of piperidine rings is 1. The number of rotatable bonds is 8. The molecule has 1 aliphatic heterocycles. The molecule has 0 atom stereocenters. The molecule has 1 aromatic carbocycles. The molecule has 0 unspecified atom stereocenters. The lowest BCUT2D eigenvalue weighted by Crippen LogP contribution is -2.35. The van der Waals surface area contributed by atoms with Gasteiger partial charge in [-0.25, -0.2) is 13.8 Å². The molecule has 0 radical (unpaired) electrons. The van der Waals surface area contributed by atoms with E-state index in [1.54, 1.807) is 11.8 Å². The molecule has 0 aliphatic carbocycles. The molecule has 0 bridgehead atoms. The summed E-state index contributed by atoms with van der Waals surface area (Å²) in [5.41, 5.74) is -0.0276. The first-order chi connectivity index (χ1) is 14.9. The average molecular weight is 437 g/mol. The third kappa shape index (κ3) is 5.65. The van der Waals surface area contributed by atoms with Gasteiger partial charge >= 0.3 is 5.97 Å². The standard InChI is InChI=1S/C22H26F3N3O3/c1-3-9-31-22-18(25)13-26-21(27-22)15-11-16(23)20(17(24)12-15)28-7-5-14(6-8-28)10-19(29)30-4-2/h11-14H,3-10H2,1-2H3. The Hall–Kier alpha value is -2.84. The SMILES string of the molecule is CCCOc1nc(-c2cc(F)c(N3CCC(CC(=O)OCC)CC3)c(F)c2)ncc1F. The summed E-state index contributed by atoms with van der Waals surface area (Å²) in [5, 5.41) is 0. The second-order valence-corrected chi connectivity index (χ2v) is 7.42. The van der Waals surface area contributed by atoms with Gasteiger partial charge in [-0.15, -0.1) is 0 Å². The van der Waals surface area contributed by atoms with Gasteiger partial charge in [0.2, 0.25) is 5.82 Å². The Morgan fingerprint density at radius 2 is 1.81 bits per heavy atom. The molecule has 1 fully saturated rings. The van der Waals surface area contributed by atoms with Crippen LogP contribution in [0.2, 0.25) is 0 Å². The summed E-state index contributed by atoms with van der Waals surface area (Å²) < 4.78 is 53.7. The highest BCUT2D eigenvalue weighted by Crippen LogP contribution is 2.32. The van der Waals surface area contributed by atoms with Crippen molar-refractivity contribution in [1.82, 2.24) is 9.97 Å². The molecule has 0 saturated carbocycles. The van der Waals surface area contributed by atoms with Crippen LogP contribution in [0, 0.1) is 23.4 Å². The van der Waals surface area contributed by atoms with E-state index in [-0.39, 0.29) is 41.4 Å². The molecular formula is C22H26F3N3O3. The highest BCUT2D eigenvalue weighted by molar-refractivity contribution is 5.69. The number of hydrogen-bond acceptors (Lipinski definition) is 6. The van der Waals surface area contributed by atoms with Crippen LogP contribution in [0.4, 0.5) is 18.9 Å². The van der Waals surface area contributed by atoms with Gasteiger partial charge in [-0.2, -0.15) is 9.37 Å². The highest BCUT2D eigenvalue weighted by Gasteiger charge is 2.26. The first kappa shape index (κ1) is 22.8. The fraction of sp³-hybridized carbons (Fsp3) is 0.500. The minimum absolute atomic E-state index is 0.0232. The van der Waals surface area contributed by atoms with E-state index in [1.165, 1.54) is 0 Å². The smallest absolute Gasteiger partial charge is 0.306 e. The van der Waals surface area contributed by atoms with E-state index in [4.69, 9.17) is 9.47 Å². The van der Waals surface area contributed by atoms with Crippen molar-refractivity contribution < 1.29 is 27.4 Å². The van der Waals surface area contributed by atoms with E-state index in [9.17, 15) is 18.0 Å². The zero-order valence-electron chi connectivity index (χ0n) is 17.7. The maximum absolute atomic E-state index is 14.9. The summed E-state index contributed by atoms with van der Waals surface area (Å²) in [7, 11) is 0. The zero-order valence-corrected chi connectivity index (χ0v) is 17.7. The van der Waals surface area contributed by atoms with Crippen LogP contribution in [-0.4, -0.2) is 42.2 Å². The molecule has 1 saturated heterocycles. The molecule has 2 heterocycles. The summed E-state index contributed by atoms with van der Waals surface area (Å²) in [5.74, 6) is -2.62. The number of nitrogens with zero attached hydrogens (tertiary/aromatic N) is 3. The molecule has 3 rings (SSSR count). The first-order valence-electron chi connectivity index (χ1n) is 10.5. The Labute approximate surface area is 179 Å². The molecule has 168 valence electrons. The van der Waals surface area contributed by atoms with Crippen molar-refractivity contribution in [2.75, 3.05) is 31.2 Å². The second kappa shape index (κ2) is 10.5. The van der Waals surface area contributed by atoms with Crippen molar-refractivity contribution in [3.63, 3.8) is 0 Å². The van der Waals surface area contributed by atoms with E-state index in [2.05, 4.69) is 9.97 Å². The number of carbonyl (C=O) groups excluding carboxylic acids is 1. The van der Waals surface area contributed by atoms with E-state index in [1.807, 2.05) is 6.92 Å². The van der Waals surface area contributed by atoms with Crippen LogP contribution in [0.25, 0.3) is 11.4 Å². The third-order valence-electron chi connectivity index (χ3n) is 5.12. The molecule has 2 aromatic rings. The number of esters is 1. The fourth-order valence-electron chi connectivity index (χ4n) is 3.60. The number of carbonyl (C=O) groups is 1.